The molecular weight excluding hydrogens is 202 g/mol. The van der Waals surface area contributed by atoms with Crippen LogP contribution in [0.1, 0.15) is 32.3 Å². The minimum Gasteiger partial charge on any atom is -0.497 e. The van der Waals surface area contributed by atoms with Crippen LogP contribution in [0.15, 0.2) is 18.2 Å². The highest BCUT2D eigenvalue weighted by Gasteiger charge is 2.25. The number of rotatable bonds is 4. The number of methoxy groups -OCH3 is 2. The fourth-order valence-corrected chi connectivity index (χ4v) is 1.58. The summed E-state index contributed by atoms with van der Waals surface area (Å²) >= 11 is 0. The van der Waals surface area contributed by atoms with Crippen molar-refractivity contribution in [3.05, 3.63) is 23.8 Å². The molecule has 90 valence electrons. The zero-order chi connectivity index (χ0) is 12.3. The van der Waals surface area contributed by atoms with Gasteiger partial charge in [0.05, 0.1) is 14.2 Å². The van der Waals surface area contributed by atoms with Gasteiger partial charge in [-0.3, -0.25) is 0 Å². The molecule has 1 unspecified atom stereocenters. The lowest BCUT2D eigenvalue weighted by Gasteiger charge is -2.28. The zero-order valence-electron chi connectivity index (χ0n) is 10.7. The third-order valence-electron chi connectivity index (χ3n) is 3.02. The van der Waals surface area contributed by atoms with E-state index in [0.29, 0.717) is 0 Å². The first-order chi connectivity index (χ1) is 7.40. The monoisotopic (exact) mass is 223 g/mol. The van der Waals surface area contributed by atoms with Crippen molar-refractivity contribution in [2.24, 2.45) is 5.73 Å². The van der Waals surface area contributed by atoms with Crippen LogP contribution in [0.5, 0.6) is 11.5 Å². The summed E-state index contributed by atoms with van der Waals surface area (Å²) in [6.45, 7) is 6.13. The van der Waals surface area contributed by atoms with Gasteiger partial charge in [-0.2, -0.15) is 0 Å². The van der Waals surface area contributed by atoms with Crippen molar-refractivity contribution in [2.45, 2.75) is 32.2 Å². The third-order valence-corrected chi connectivity index (χ3v) is 3.02. The summed E-state index contributed by atoms with van der Waals surface area (Å²) in [4.78, 5) is 0. The lowest BCUT2D eigenvalue weighted by Crippen LogP contribution is -2.37. The molecular formula is C13H21NO2. The van der Waals surface area contributed by atoms with Crippen LogP contribution in [-0.4, -0.2) is 19.8 Å². The summed E-state index contributed by atoms with van der Waals surface area (Å²) in [5.41, 5.74) is 6.95. The summed E-state index contributed by atoms with van der Waals surface area (Å²) in [5.74, 6) is 1.83. The number of hydrogen-bond acceptors (Lipinski definition) is 3. The third kappa shape index (κ3) is 2.67. The average molecular weight is 223 g/mol. The van der Waals surface area contributed by atoms with Crippen molar-refractivity contribution >= 4 is 0 Å². The molecule has 0 amide bonds. The Morgan fingerprint density at radius 2 is 1.81 bits per heavy atom. The highest BCUT2D eigenvalue weighted by molar-refractivity contribution is 5.43. The van der Waals surface area contributed by atoms with Crippen molar-refractivity contribution in [3.63, 3.8) is 0 Å². The number of benzene rings is 1. The Morgan fingerprint density at radius 3 is 2.25 bits per heavy atom. The molecule has 0 radical (unpaired) electrons. The summed E-state index contributed by atoms with van der Waals surface area (Å²) < 4.78 is 10.5. The zero-order valence-corrected chi connectivity index (χ0v) is 10.7. The number of ether oxygens (including phenoxy) is 2. The maximum absolute atomic E-state index is 6.12. The maximum Gasteiger partial charge on any atom is 0.126 e. The molecule has 3 nitrogen and oxygen atoms in total. The topological polar surface area (TPSA) is 44.5 Å². The number of hydrogen-bond donors (Lipinski definition) is 1. The molecule has 0 heterocycles. The lowest BCUT2D eigenvalue weighted by molar-refractivity contribution is 0.373. The molecule has 0 bridgehead atoms. The van der Waals surface area contributed by atoms with Gasteiger partial charge in [0.2, 0.25) is 0 Å². The average Bonchev–Trinajstić information content (AvgIpc) is 2.26. The smallest absolute Gasteiger partial charge is 0.126 e. The SMILES string of the molecule is COc1ccc(C(C)C(C)(C)N)c(OC)c1. The molecule has 0 aromatic heterocycles. The minimum atomic E-state index is -0.276. The van der Waals surface area contributed by atoms with Gasteiger partial charge in [0.25, 0.3) is 0 Å². The second kappa shape index (κ2) is 4.74. The van der Waals surface area contributed by atoms with E-state index in [2.05, 4.69) is 6.92 Å². The Hall–Kier alpha value is -1.22. The van der Waals surface area contributed by atoms with Crippen molar-refractivity contribution < 1.29 is 9.47 Å². The largest absolute Gasteiger partial charge is 0.497 e. The van der Waals surface area contributed by atoms with E-state index in [4.69, 9.17) is 15.2 Å². The molecule has 1 rings (SSSR count). The van der Waals surface area contributed by atoms with Crippen LogP contribution in [0.2, 0.25) is 0 Å². The second-order valence-electron chi connectivity index (χ2n) is 4.65. The van der Waals surface area contributed by atoms with Gasteiger partial charge in [-0.15, -0.1) is 0 Å². The Kier molecular flexibility index (Phi) is 3.81. The van der Waals surface area contributed by atoms with Gasteiger partial charge in [0.15, 0.2) is 0 Å². The normalized spacial score (nSPS) is 13.4. The van der Waals surface area contributed by atoms with Gasteiger partial charge >= 0.3 is 0 Å². The van der Waals surface area contributed by atoms with Crippen LogP contribution < -0.4 is 15.2 Å². The highest BCUT2D eigenvalue weighted by Crippen LogP contribution is 2.34. The number of nitrogens with two attached hydrogens (primary N) is 1. The van der Waals surface area contributed by atoms with Crippen LogP contribution in [0.3, 0.4) is 0 Å². The van der Waals surface area contributed by atoms with E-state index >= 15 is 0 Å². The standard InChI is InChI=1S/C13H21NO2/c1-9(13(2,3)14)11-7-6-10(15-4)8-12(11)16-5/h6-9H,14H2,1-5H3. The van der Waals surface area contributed by atoms with Gasteiger partial charge in [0, 0.05) is 17.5 Å². The Bertz CT molecular complexity index is 355. The molecule has 1 aromatic carbocycles. The fourth-order valence-electron chi connectivity index (χ4n) is 1.58. The first kappa shape index (κ1) is 12.8. The maximum atomic E-state index is 6.12. The highest BCUT2D eigenvalue weighted by atomic mass is 16.5. The quantitative estimate of drug-likeness (QED) is 0.853. The van der Waals surface area contributed by atoms with Crippen molar-refractivity contribution in [2.75, 3.05) is 14.2 Å². The fraction of sp³-hybridized carbons (Fsp3) is 0.538. The van der Waals surface area contributed by atoms with Crippen LogP contribution in [-0.2, 0) is 0 Å². The second-order valence-corrected chi connectivity index (χ2v) is 4.65. The molecule has 0 saturated carbocycles. The van der Waals surface area contributed by atoms with Gasteiger partial charge in [-0.25, -0.2) is 0 Å². The molecule has 16 heavy (non-hydrogen) atoms. The molecule has 1 atom stereocenters. The van der Waals surface area contributed by atoms with Gasteiger partial charge in [0.1, 0.15) is 11.5 Å². The summed E-state index contributed by atoms with van der Waals surface area (Å²) in [6.07, 6.45) is 0. The molecule has 0 aliphatic rings. The molecule has 1 aromatic rings. The van der Waals surface area contributed by atoms with Crippen molar-refractivity contribution in [1.82, 2.24) is 0 Å². The van der Waals surface area contributed by atoms with E-state index in [1.165, 1.54) is 0 Å². The molecule has 0 aliphatic carbocycles. The van der Waals surface area contributed by atoms with Crippen LogP contribution >= 0.6 is 0 Å². The lowest BCUT2D eigenvalue weighted by atomic mass is 9.84. The predicted octanol–water partition coefficient (Wildman–Crippen LogP) is 2.54. The summed E-state index contributed by atoms with van der Waals surface area (Å²) in [6, 6.07) is 5.83. The Labute approximate surface area is 97.6 Å². The van der Waals surface area contributed by atoms with E-state index in [1.54, 1.807) is 14.2 Å². The molecule has 0 fully saturated rings. The van der Waals surface area contributed by atoms with Gasteiger partial charge < -0.3 is 15.2 Å². The molecule has 0 spiro atoms. The van der Waals surface area contributed by atoms with Crippen LogP contribution in [0.4, 0.5) is 0 Å². The van der Waals surface area contributed by atoms with E-state index in [0.717, 1.165) is 17.1 Å². The first-order valence-corrected chi connectivity index (χ1v) is 5.41. The van der Waals surface area contributed by atoms with Gasteiger partial charge in [-0.05, 0) is 25.5 Å². The van der Waals surface area contributed by atoms with Crippen LogP contribution in [0, 0.1) is 0 Å². The Morgan fingerprint density at radius 1 is 1.19 bits per heavy atom. The molecule has 0 saturated heterocycles. The molecule has 3 heteroatoms. The predicted molar refractivity (Wildman–Crippen MR) is 66.2 cm³/mol. The minimum absolute atomic E-state index is 0.216. The summed E-state index contributed by atoms with van der Waals surface area (Å²) in [7, 11) is 3.30. The van der Waals surface area contributed by atoms with E-state index in [9.17, 15) is 0 Å². The summed E-state index contributed by atoms with van der Waals surface area (Å²) in [5, 5.41) is 0. The van der Waals surface area contributed by atoms with E-state index < -0.39 is 0 Å². The van der Waals surface area contributed by atoms with Crippen LogP contribution in [0.25, 0.3) is 0 Å². The van der Waals surface area contributed by atoms with Crippen molar-refractivity contribution in [1.29, 1.82) is 0 Å². The van der Waals surface area contributed by atoms with Gasteiger partial charge in [-0.1, -0.05) is 13.0 Å². The van der Waals surface area contributed by atoms with Crippen molar-refractivity contribution in [3.8, 4) is 11.5 Å². The molecule has 2 N–H and O–H groups in total. The van der Waals surface area contributed by atoms with E-state index in [1.807, 2.05) is 32.0 Å². The first-order valence-electron chi connectivity index (χ1n) is 5.41. The van der Waals surface area contributed by atoms with E-state index in [-0.39, 0.29) is 11.5 Å². The Balaban J connectivity index is 3.14. The molecule has 0 aliphatic heterocycles.